The maximum atomic E-state index is 10.6. The van der Waals surface area contributed by atoms with E-state index >= 15 is 0 Å². The van der Waals surface area contributed by atoms with Crippen molar-refractivity contribution in [2.24, 2.45) is 5.92 Å². The van der Waals surface area contributed by atoms with Crippen LogP contribution in [0.2, 0.25) is 0 Å². The second-order valence-corrected chi connectivity index (χ2v) is 4.76. The fourth-order valence-corrected chi connectivity index (χ4v) is 1.76. The number of carbonyl (C=O) groups is 1. The third-order valence-corrected chi connectivity index (χ3v) is 2.61. The van der Waals surface area contributed by atoms with Crippen LogP contribution in [0.15, 0.2) is 24.3 Å². The van der Waals surface area contributed by atoms with Crippen LogP contribution in [-0.2, 0) is 4.79 Å². The van der Waals surface area contributed by atoms with Crippen LogP contribution in [0.1, 0.15) is 38.9 Å². The van der Waals surface area contributed by atoms with Gasteiger partial charge in [0, 0.05) is 0 Å². The molecular formula is C14H20O4. The summed E-state index contributed by atoms with van der Waals surface area (Å²) in [5.41, 5.74) is 0.682. The van der Waals surface area contributed by atoms with Crippen LogP contribution in [0, 0.1) is 5.92 Å². The molecule has 0 aromatic heterocycles. The van der Waals surface area contributed by atoms with Gasteiger partial charge in [0.1, 0.15) is 5.75 Å². The van der Waals surface area contributed by atoms with Gasteiger partial charge in [-0.25, -0.2) is 0 Å². The number of carboxylic acids is 1. The van der Waals surface area contributed by atoms with E-state index in [1.165, 1.54) is 0 Å². The summed E-state index contributed by atoms with van der Waals surface area (Å²) in [5, 5.41) is 18.8. The largest absolute Gasteiger partial charge is 0.491 e. The Bertz CT molecular complexity index is 401. The van der Waals surface area contributed by atoms with Crippen molar-refractivity contribution in [1.82, 2.24) is 0 Å². The third kappa shape index (κ3) is 4.37. The first-order valence-corrected chi connectivity index (χ1v) is 6.06. The van der Waals surface area contributed by atoms with E-state index in [0.717, 1.165) is 0 Å². The zero-order valence-corrected chi connectivity index (χ0v) is 11.0. The van der Waals surface area contributed by atoms with Crippen LogP contribution in [0.4, 0.5) is 0 Å². The molecule has 4 heteroatoms. The van der Waals surface area contributed by atoms with E-state index in [4.69, 9.17) is 9.84 Å². The number of aliphatic hydroxyl groups excluding tert-OH is 1. The summed E-state index contributed by atoms with van der Waals surface area (Å²) in [4.78, 5) is 10.6. The van der Waals surface area contributed by atoms with Crippen molar-refractivity contribution >= 4 is 5.97 Å². The molecule has 0 aliphatic heterocycles. The molecule has 0 spiro atoms. The first-order valence-electron chi connectivity index (χ1n) is 6.06. The van der Waals surface area contributed by atoms with E-state index in [2.05, 4.69) is 0 Å². The number of rotatable bonds is 6. The smallest absolute Gasteiger partial charge is 0.303 e. The maximum Gasteiger partial charge on any atom is 0.303 e. The average Bonchev–Trinajstić information content (AvgIpc) is 2.26. The van der Waals surface area contributed by atoms with E-state index in [-0.39, 0.29) is 18.4 Å². The predicted octanol–water partition coefficient (Wildman–Crippen LogP) is 2.62. The molecule has 0 amide bonds. The molecule has 2 unspecified atom stereocenters. The summed E-state index contributed by atoms with van der Waals surface area (Å²) in [6.45, 7) is 5.57. The van der Waals surface area contributed by atoms with Gasteiger partial charge in [0.2, 0.25) is 0 Å². The van der Waals surface area contributed by atoms with Crippen LogP contribution in [-0.4, -0.2) is 22.3 Å². The van der Waals surface area contributed by atoms with Crippen LogP contribution >= 0.6 is 0 Å². The number of hydrogen-bond acceptors (Lipinski definition) is 3. The van der Waals surface area contributed by atoms with Crippen LogP contribution < -0.4 is 4.74 Å². The summed E-state index contributed by atoms with van der Waals surface area (Å²) >= 11 is 0. The Hall–Kier alpha value is -1.55. The summed E-state index contributed by atoms with van der Waals surface area (Å²) in [6, 6.07) is 7.14. The minimum atomic E-state index is -0.906. The first kappa shape index (κ1) is 14.5. The van der Waals surface area contributed by atoms with Gasteiger partial charge in [0.05, 0.1) is 18.6 Å². The molecule has 0 saturated carbocycles. The van der Waals surface area contributed by atoms with E-state index in [1.807, 2.05) is 19.9 Å². The summed E-state index contributed by atoms with van der Waals surface area (Å²) in [5.74, 6) is -0.558. The van der Waals surface area contributed by atoms with Gasteiger partial charge in [0.25, 0.3) is 0 Å². The number of carboxylic acid groups (broad SMARTS) is 1. The van der Waals surface area contributed by atoms with Gasteiger partial charge in [-0.05, 0) is 37.5 Å². The van der Waals surface area contributed by atoms with Gasteiger partial charge in [-0.3, -0.25) is 4.79 Å². The topological polar surface area (TPSA) is 66.8 Å². The fraction of sp³-hybridized carbons (Fsp3) is 0.500. The highest BCUT2D eigenvalue weighted by atomic mass is 16.5. The van der Waals surface area contributed by atoms with Gasteiger partial charge < -0.3 is 14.9 Å². The third-order valence-electron chi connectivity index (χ3n) is 2.61. The number of hydrogen-bond donors (Lipinski definition) is 2. The van der Waals surface area contributed by atoms with Crippen LogP contribution in [0.3, 0.4) is 0 Å². The zero-order chi connectivity index (χ0) is 13.7. The van der Waals surface area contributed by atoms with Crippen LogP contribution in [0.25, 0.3) is 0 Å². The molecule has 0 heterocycles. The predicted molar refractivity (Wildman–Crippen MR) is 68.6 cm³/mol. The molecule has 2 N–H and O–H groups in total. The molecule has 100 valence electrons. The number of aliphatic hydroxyl groups is 1. The van der Waals surface area contributed by atoms with E-state index in [0.29, 0.717) is 11.3 Å². The Labute approximate surface area is 107 Å². The summed E-state index contributed by atoms with van der Waals surface area (Å²) < 4.78 is 5.54. The van der Waals surface area contributed by atoms with Crippen LogP contribution in [0.5, 0.6) is 5.75 Å². The fourth-order valence-electron chi connectivity index (χ4n) is 1.76. The van der Waals surface area contributed by atoms with Gasteiger partial charge in [-0.15, -0.1) is 0 Å². The molecule has 0 radical (unpaired) electrons. The van der Waals surface area contributed by atoms with Crippen molar-refractivity contribution in [2.45, 2.75) is 39.4 Å². The zero-order valence-electron chi connectivity index (χ0n) is 11.0. The molecule has 0 fully saturated rings. The molecule has 4 nitrogen and oxygen atoms in total. The number of aliphatic carboxylic acids is 1. The molecule has 1 aromatic rings. The second kappa shape index (κ2) is 6.40. The standard InChI is InChI=1S/C14H20O4/c1-9(2)18-12-6-4-5-11(8-12)14(17)10(3)7-13(15)16/h4-6,8-10,14,17H,7H2,1-3H3,(H,15,16). The molecule has 2 atom stereocenters. The van der Waals surface area contributed by atoms with Crippen molar-refractivity contribution in [1.29, 1.82) is 0 Å². The van der Waals surface area contributed by atoms with Crippen molar-refractivity contribution in [2.75, 3.05) is 0 Å². The van der Waals surface area contributed by atoms with Gasteiger partial charge in [-0.1, -0.05) is 19.1 Å². The number of benzene rings is 1. The van der Waals surface area contributed by atoms with E-state index in [9.17, 15) is 9.90 Å². The highest BCUT2D eigenvalue weighted by Crippen LogP contribution is 2.27. The van der Waals surface area contributed by atoms with Gasteiger partial charge in [-0.2, -0.15) is 0 Å². The van der Waals surface area contributed by atoms with Gasteiger partial charge in [0.15, 0.2) is 0 Å². The van der Waals surface area contributed by atoms with E-state index in [1.54, 1.807) is 25.1 Å². The van der Waals surface area contributed by atoms with E-state index < -0.39 is 12.1 Å². The monoisotopic (exact) mass is 252 g/mol. The molecule has 0 aliphatic rings. The quantitative estimate of drug-likeness (QED) is 0.816. The van der Waals surface area contributed by atoms with Crippen molar-refractivity contribution in [3.8, 4) is 5.75 Å². The Morgan fingerprint density at radius 3 is 2.56 bits per heavy atom. The van der Waals surface area contributed by atoms with Crippen molar-refractivity contribution in [3.63, 3.8) is 0 Å². The highest BCUT2D eigenvalue weighted by Gasteiger charge is 2.19. The SMILES string of the molecule is CC(C)Oc1cccc(C(O)C(C)CC(=O)O)c1. The maximum absolute atomic E-state index is 10.6. The Morgan fingerprint density at radius 2 is 2.00 bits per heavy atom. The first-order chi connectivity index (χ1) is 8.40. The highest BCUT2D eigenvalue weighted by molar-refractivity contribution is 5.67. The lowest BCUT2D eigenvalue weighted by Crippen LogP contribution is -2.14. The molecule has 18 heavy (non-hydrogen) atoms. The van der Waals surface area contributed by atoms with Gasteiger partial charge >= 0.3 is 5.97 Å². The minimum absolute atomic E-state index is 0.0591. The van der Waals surface area contributed by atoms with Crippen molar-refractivity contribution in [3.05, 3.63) is 29.8 Å². The lowest BCUT2D eigenvalue weighted by Gasteiger charge is -2.18. The number of ether oxygens (including phenoxy) is 1. The Kier molecular flexibility index (Phi) is 5.16. The molecule has 1 aromatic carbocycles. The minimum Gasteiger partial charge on any atom is -0.491 e. The molecule has 0 bridgehead atoms. The average molecular weight is 252 g/mol. The van der Waals surface area contributed by atoms with Crippen molar-refractivity contribution < 1.29 is 19.7 Å². The summed E-state index contributed by atoms with van der Waals surface area (Å²) in [7, 11) is 0. The molecule has 0 saturated heterocycles. The molecule has 0 aliphatic carbocycles. The normalized spacial score (nSPS) is 14.3. The molecule has 1 rings (SSSR count). The Balaban J connectivity index is 2.79. The second-order valence-electron chi connectivity index (χ2n) is 4.76. The molecular weight excluding hydrogens is 232 g/mol. The lowest BCUT2D eigenvalue weighted by molar-refractivity contribution is -0.139. The Morgan fingerprint density at radius 1 is 1.33 bits per heavy atom. The lowest BCUT2D eigenvalue weighted by atomic mass is 9.94. The summed E-state index contributed by atoms with van der Waals surface area (Å²) in [6.07, 6.45) is -0.790.